The standard InChI is InChI=1S/C24H23N3O5S/c1-3-13-32-19-10-8-18(9-11-19)27-22(28)12-7-16-14-21(26-23(16)27)24(29)25-17-5-4-6-20(15-17)33(2,30)31/h4-12,14-15,26H,3,13H2,1-2H3,(H,25,29). The number of H-pyrrole nitrogens is 1. The van der Waals surface area contributed by atoms with E-state index in [0.717, 1.165) is 12.7 Å². The van der Waals surface area contributed by atoms with Crippen LogP contribution in [0.25, 0.3) is 16.7 Å². The highest BCUT2D eigenvalue weighted by Gasteiger charge is 2.15. The van der Waals surface area contributed by atoms with Gasteiger partial charge in [-0.25, -0.2) is 8.42 Å². The first-order valence-electron chi connectivity index (χ1n) is 10.4. The summed E-state index contributed by atoms with van der Waals surface area (Å²) in [5, 5.41) is 3.37. The third-order valence-corrected chi connectivity index (χ3v) is 6.12. The quantitative estimate of drug-likeness (QED) is 0.432. The Morgan fingerprint density at radius 3 is 2.52 bits per heavy atom. The average molecular weight is 466 g/mol. The summed E-state index contributed by atoms with van der Waals surface area (Å²) in [7, 11) is -3.40. The molecule has 0 saturated heterocycles. The zero-order valence-electron chi connectivity index (χ0n) is 18.2. The van der Waals surface area contributed by atoms with Gasteiger partial charge in [0.15, 0.2) is 9.84 Å². The number of aromatic nitrogens is 2. The summed E-state index contributed by atoms with van der Waals surface area (Å²) in [6.45, 7) is 2.63. The van der Waals surface area contributed by atoms with Crippen molar-refractivity contribution in [3.8, 4) is 11.4 Å². The molecular weight excluding hydrogens is 442 g/mol. The molecule has 0 aliphatic carbocycles. The van der Waals surface area contributed by atoms with Crippen molar-refractivity contribution in [1.29, 1.82) is 0 Å². The fraction of sp³-hybridized carbons (Fsp3) is 0.167. The fourth-order valence-corrected chi connectivity index (χ4v) is 4.08. The maximum Gasteiger partial charge on any atom is 0.272 e. The SMILES string of the molecule is CCCOc1ccc(-n2c(=O)ccc3cc(C(=O)Nc4cccc(S(C)(=O)=O)c4)[nH]c32)cc1. The number of pyridine rings is 1. The first-order valence-corrected chi connectivity index (χ1v) is 12.2. The molecule has 0 aliphatic heterocycles. The van der Waals surface area contributed by atoms with E-state index in [0.29, 0.717) is 34.8 Å². The van der Waals surface area contributed by atoms with Crippen LogP contribution < -0.4 is 15.6 Å². The predicted molar refractivity (Wildman–Crippen MR) is 127 cm³/mol. The van der Waals surface area contributed by atoms with E-state index in [4.69, 9.17) is 4.74 Å². The minimum atomic E-state index is -3.40. The van der Waals surface area contributed by atoms with Crippen LogP contribution in [-0.4, -0.2) is 36.7 Å². The molecule has 2 N–H and O–H groups in total. The Hall–Kier alpha value is -3.85. The number of ether oxygens (including phenoxy) is 1. The number of nitrogens with zero attached hydrogens (tertiary/aromatic N) is 1. The molecule has 8 nitrogen and oxygen atoms in total. The highest BCUT2D eigenvalue weighted by atomic mass is 32.2. The molecule has 0 spiro atoms. The van der Waals surface area contributed by atoms with Gasteiger partial charge in [0.05, 0.1) is 17.2 Å². The monoisotopic (exact) mass is 465 g/mol. The van der Waals surface area contributed by atoms with Crippen molar-refractivity contribution in [3.05, 3.63) is 82.8 Å². The zero-order valence-corrected chi connectivity index (χ0v) is 19.0. The summed E-state index contributed by atoms with van der Waals surface area (Å²) >= 11 is 0. The van der Waals surface area contributed by atoms with E-state index in [-0.39, 0.29) is 16.1 Å². The molecule has 2 aromatic heterocycles. The summed E-state index contributed by atoms with van der Waals surface area (Å²) in [6.07, 6.45) is 2.00. The van der Waals surface area contributed by atoms with Gasteiger partial charge in [-0.05, 0) is 61.0 Å². The second-order valence-corrected chi connectivity index (χ2v) is 9.61. The largest absolute Gasteiger partial charge is 0.494 e. The van der Waals surface area contributed by atoms with Crippen LogP contribution in [0.2, 0.25) is 0 Å². The fourth-order valence-electron chi connectivity index (χ4n) is 3.41. The molecule has 4 rings (SSSR count). The molecule has 2 heterocycles. The second kappa shape index (κ2) is 8.95. The van der Waals surface area contributed by atoms with Crippen LogP contribution in [0, 0.1) is 0 Å². The molecule has 0 radical (unpaired) electrons. The maximum absolute atomic E-state index is 12.8. The van der Waals surface area contributed by atoms with E-state index < -0.39 is 15.7 Å². The van der Waals surface area contributed by atoms with E-state index in [1.807, 2.05) is 6.92 Å². The van der Waals surface area contributed by atoms with Gasteiger partial charge in [-0.15, -0.1) is 0 Å². The minimum absolute atomic E-state index is 0.108. The first kappa shape index (κ1) is 22.3. The van der Waals surface area contributed by atoms with E-state index in [1.54, 1.807) is 48.5 Å². The maximum atomic E-state index is 12.8. The molecule has 170 valence electrons. The van der Waals surface area contributed by atoms with Crippen LogP contribution >= 0.6 is 0 Å². The number of sulfone groups is 1. The van der Waals surface area contributed by atoms with E-state index in [1.165, 1.54) is 22.8 Å². The normalized spacial score (nSPS) is 11.5. The van der Waals surface area contributed by atoms with Crippen molar-refractivity contribution in [2.45, 2.75) is 18.2 Å². The molecule has 0 unspecified atom stereocenters. The molecule has 2 aromatic carbocycles. The van der Waals surface area contributed by atoms with Crippen LogP contribution in [0.4, 0.5) is 5.69 Å². The van der Waals surface area contributed by atoms with Gasteiger partial charge >= 0.3 is 0 Å². The Kier molecular flexibility index (Phi) is 6.06. The van der Waals surface area contributed by atoms with E-state index in [2.05, 4.69) is 10.3 Å². The summed E-state index contributed by atoms with van der Waals surface area (Å²) in [5.41, 5.74) is 1.43. The number of fused-ring (bicyclic) bond motifs is 1. The number of benzene rings is 2. The molecule has 0 saturated carbocycles. The Bertz CT molecular complexity index is 1480. The van der Waals surface area contributed by atoms with E-state index in [9.17, 15) is 18.0 Å². The van der Waals surface area contributed by atoms with Gasteiger partial charge in [-0.2, -0.15) is 0 Å². The molecular formula is C24H23N3O5S. The Labute approximate surface area is 190 Å². The zero-order chi connectivity index (χ0) is 23.6. The van der Waals surface area contributed by atoms with Crippen molar-refractivity contribution in [2.75, 3.05) is 18.2 Å². The highest BCUT2D eigenvalue weighted by molar-refractivity contribution is 7.90. The summed E-state index contributed by atoms with van der Waals surface area (Å²) in [5.74, 6) is 0.253. The number of hydrogen-bond acceptors (Lipinski definition) is 5. The summed E-state index contributed by atoms with van der Waals surface area (Å²) in [4.78, 5) is 28.6. The van der Waals surface area contributed by atoms with Crippen molar-refractivity contribution >= 4 is 32.5 Å². The van der Waals surface area contributed by atoms with Crippen molar-refractivity contribution in [1.82, 2.24) is 9.55 Å². The summed E-state index contributed by atoms with van der Waals surface area (Å²) < 4.78 is 30.6. The average Bonchev–Trinajstić information content (AvgIpc) is 3.22. The third-order valence-electron chi connectivity index (χ3n) is 5.01. The van der Waals surface area contributed by atoms with Gasteiger partial charge in [-0.1, -0.05) is 13.0 Å². The smallest absolute Gasteiger partial charge is 0.272 e. The second-order valence-electron chi connectivity index (χ2n) is 7.59. The van der Waals surface area contributed by atoms with Gasteiger partial charge < -0.3 is 15.0 Å². The van der Waals surface area contributed by atoms with E-state index >= 15 is 0 Å². The number of amides is 1. The van der Waals surface area contributed by atoms with Gasteiger partial charge in [0.2, 0.25) is 0 Å². The predicted octanol–water partition coefficient (Wildman–Crippen LogP) is 3.76. The molecule has 0 aliphatic rings. The van der Waals surface area contributed by atoms with Crippen molar-refractivity contribution in [2.24, 2.45) is 0 Å². The van der Waals surface area contributed by atoms with Gasteiger partial charge in [0, 0.05) is 23.4 Å². The molecule has 1 amide bonds. The molecule has 4 aromatic rings. The highest BCUT2D eigenvalue weighted by Crippen LogP contribution is 2.21. The lowest BCUT2D eigenvalue weighted by molar-refractivity contribution is 0.102. The van der Waals surface area contributed by atoms with Crippen LogP contribution in [0.15, 0.2) is 76.4 Å². The van der Waals surface area contributed by atoms with Crippen molar-refractivity contribution < 1.29 is 17.9 Å². The Morgan fingerprint density at radius 1 is 1.06 bits per heavy atom. The van der Waals surface area contributed by atoms with Crippen LogP contribution in [0.3, 0.4) is 0 Å². The number of rotatable bonds is 7. The lowest BCUT2D eigenvalue weighted by atomic mass is 10.2. The molecule has 33 heavy (non-hydrogen) atoms. The number of nitrogens with one attached hydrogen (secondary N) is 2. The minimum Gasteiger partial charge on any atom is -0.494 e. The van der Waals surface area contributed by atoms with Gasteiger partial charge in [-0.3, -0.25) is 14.2 Å². The van der Waals surface area contributed by atoms with Crippen molar-refractivity contribution in [3.63, 3.8) is 0 Å². The van der Waals surface area contributed by atoms with Crippen LogP contribution in [0.1, 0.15) is 23.8 Å². The van der Waals surface area contributed by atoms with Gasteiger partial charge in [0.25, 0.3) is 11.5 Å². The molecule has 9 heteroatoms. The summed E-state index contributed by atoms with van der Waals surface area (Å²) in [6, 6.07) is 17.9. The molecule has 0 atom stereocenters. The number of anilines is 1. The number of carbonyl (C=O) groups is 1. The third kappa shape index (κ3) is 4.83. The molecule has 0 bridgehead atoms. The number of aromatic amines is 1. The Morgan fingerprint density at radius 2 is 1.82 bits per heavy atom. The number of hydrogen-bond donors (Lipinski definition) is 2. The lowest BCUT2D eigenvalue weighted by Gasteiger charge is -2.09. The molecule has 0 fully saturated rings. The first-order chi connectivity index (χ1) is 15.8. The topological polar surface area (TPSA) is 110 Å². The lowest BCUT2D eigenvalue weighted by Crippen LogP contribution is -2.17. The van der Waals surface area contributed by atoms with Crippen LogP contribution in [0.5, 0.6) is 5.75 Å². The number of carbonyl (C=O) groups excluding carboxylic acids is 1. The Balaban J connectivity index is 1.66. The van der Waals surface area contributed by atoms with Gasteiger partial charge in [0.1, 0.15) is 17.1 Å². The van der Waals surface area contributed by atoms with Crippen LogP contribution in [-0.2, 0) is 9.84 Å².